The Kier molecular flexibility index (Phi) is 3.48. The van der Waals surface area contributed by atoms with Gasteiger partial charge in [-0.25, -0.2) is 4.98 Å². The minimum Gasteiger partial charge on any atom is -0.347 e. The van der Waals surface area contributed by atoms with Crippen molar-refractivity contribution in [2.45, 2.75) is 13.3 Å². The molecule has 2 heterocycles. The Morgan fingerprint density at radius 2 is 2.06 bits per heavy atom. The van der Waals surface area contributed by atoms with E-state index < -0.39 is 0 Å². The van der Waals surface area contributed by atoms with Crippen LogP contribution in [0.4, 0.5) is 5.13 Å². The summed E-state index contributed by atoms with van der Waals surface area (Å²) in [6.45, 7) is 8.02. The summed E-state index contributed by atoms with van der Waals surface area (Å²) in [7, 11) is 0. The lowest BCUT2D eigenvalue weighted by Gasteiger charge is -2.20. The molecule has 3 nitrogen and oxygen atoms in total. The molecule has 0 atom stereocenters. The molecule has 1 aliphatic heterocycles. The maximum absolute atomic E-state index is 4.75. The highest BCUT2D eigenvalue weighted by Crippen LogP contribution is 2.28. The highest BCUT2D eigenvalue weighted by Gasteiger charge is 2.16. The van der Waals surface area contributed by atoms with Gasteiger partial charge in [-0.15, -0.1) is 0 Å². The summed E-state index contributed by atoms with van der Waals surface area (Å²) in [6.07, 6.45) is 1.24. The minimum atomic E-state index is 1.10. The van der Waals surface area contributed by atoms with Crippen LogP contribution in [0.1, 0.15) is 13.3 Å². The van der Waals surface area contributed by atoms with E-state index in [0.29, 0.717) is 0 Å². The molecule has 0 spiro atoms. The summed E-state index contributed by atoms with van der Waals surface area (Å²) < 4.78 is 1.30. The van der Waals surface area contributed by atoms with Gasteiger partial charge in [-0.2, -0.15) is 0 Å². The highest BCUT2D eigenvalue weighted by atomic mass is 32.1. The van der Waals surface area contributed by atoms with Gasteiger partial charge >= 0.3 is 0 Å². The summed E-state index contributed by atoms with van der Waals surface area (Å²) in [5.74, 6) is 0. The third-order valence-electron chi connectivity index (χ3n) is 3.59. The number of aromatic nitrogens is 1. The number of hydrogen-bond acceptors (Lipinski definition) is 4. The van der Waals surface area contributed by atoms with Gasteiger partial charge in [0.15, 0.2) is 5.13 Å². The first-order valence-electron chi connectivity index (χ1n) is 6.69. The Labute approximate surface area is 112 Å². The second-order valence-corrected chi connectivity index (χ2v) is 5.75. The molecule has 1 saturated heterocycles. The number of fused-ring (bicyclic) bond motifs is 1. The van der Waals surface area contributed by atoms with Crippen molar-refractivity contribution in [1.82, 2.24) is 9.88 Å². The average Bonchev–Trinajstić information content (AvgIpc) is 2.68. The zero-order valence-corrected chi connectivity index (χ0v) is 11.6. The summed E-state index contributed by atoms with van der Waals surface area (Å²) in [5, 5.41) is 1.19. The van der Waals surface area contributed by atoms with Crippen LogP contribution in [0.15, 0.2) is 24.3 Å². The predicted molar refractivity (Wildman–Crippen MR) is 78.6 cm³/mol. The molecule has 0 saturated carbocycles. The molecule has 2 aromatic rings. The number of nitrogens with zero attached hydrogens (tertiary/aromatic N) is 3. The quantitative estimate of drug-likeness (QED) is 0.828. The van der Waals surface area contributed by atoms with Crippen LogP contribution >= 0.6 is 11.3 Å². The monoisotopic (exact) mass is 261 g/mol. The van der Waals surface area contributed by atoms with Crippen LogP contribution in [0.25, 0.3) is 10.2 Å². The van der Waals surface area contributed by atoms with Crippen molar-refractivity contribution < 1.29 is 0 Å². The van der Waals surface area contributed by atoms with Crippen LogP contribution in [-0.2, 0) is 0 Å². The van der Waals surface area contributed by atoms with Gasteiger partial charge in [0, 0.05) is 19.6 Å². The van der Waals surface area contributed by atoms with Crippen molar-refractivity contribution in [2.75, 3.05) is 37.6 Å². The number of rotatable bonds is 2. The molecule has 0 bridgehead atoms. The number of likely N-dealkylation sites (N-methyl/N-ethyl adjacent to an activating group) is 1. The number of para-hydroxylation sites is 1. The Bertz CT molecular complexity index is 489. The zero-order chi connectivity index (χ0) is 12.4. The fraction of sp³-hybridized carbons (Fsp3) is 0.500. The molecule has 18 heavy (non-hydrogen) atoms. The Morgan fingerprint density at radius 3 is 2.89 bits per heavy atom. The van der Waals surface area contributed by atoms with Gasteiger partial charge in [-0.05, 0) is 31.6 Å². The summed E-state index contributed by atoms with van der Waals surface area (Å²) in [5.41, 5.74) is 1.13. The standard InChI is InChI=1S/C14H19N3S/c1-2-16-8-5-9-17(11-10-16)14-15-12-6-3-4-7-13(12)18-14/h3-4,6-7H,2,5,8-11H2,1H3. The van der Waals surface area contributed by atoms with Gasteiger partial charge < -0.3 is 9.80 Å². The molecule has 0 radical (unpaired) electrons. The second kappa shape index (κ2) is 5.24. The van der Waals surface area contributed by atoms with E-state index in [9.17, 15) is 0 Å². The van der Waals surface area contributed by atoms with Crippen molar-refractivity contribution in [2.24, 2.45) is 0 Å². The lowest BCUT2D eigenvalue weighted by molar-refractivity contribution is 0.310. The lowest BCUT2D eigenvalue weighted by Crippen LogP contribution is -2.30. The van der Waals surface area contributed by atoms with Crippen LogP contribution in [0.2, 0.25) is 0 Å². The minimum absolute atomic E-state index is 1.10. The first-order chi connectivity index (χ1) is 8.86. The van der Waals surface area contributed by atoms with Gasteiger partial charge in [0.2, 0.25) is 0 Å². The topological polar surface area (TPSA) is 19.4 Å². The largest absolute Gasteiger partial charge is 0.347 e. The predicted octanol–water partition coefficient (Wildman–Crippen LogP) is 2.83. The van der Waals surface area contributed by atoms with E-state index in [1.54, 1.807) is 0 Å². The van der Waals surface area contributed by atoms with E-state index in [0.717, 1.165) is 31.7 Å². The van der Waals surface area contributed by atoms with Crippen molar-refractivity contribution >= 4 is 26.7 Å². The number of thiazole rings is 1. The van der Waals surface area contributed by atoms with E-state index in [-0.39, 0.29) is 0 Å². The van der Waals surface area contributed by atoms with Crippen molar-refractivity contribution in [3.05, 3.63) is 24.3 Å². The normalized spacial score (nSPS) is 18.2. The maximum Gasteiger partial charge on any atom is 0.186 e. The number of anilines is 1. The molecule has 1 aromatic heterocycles. The fourth-order valence-corrected chi connectivity index (χ4v) is 3.49. The molecule has 3 rings (SSSR count). The molecule has 0 aliphatic carbocycles. The molecule has 1 fully saturated rings. The highest BCUT2D eigenvalue weighted by molar-refractivity contribution is 7.22. The van der Waals surface area contributed by atoms with Gasteiger partial charge in [0.25, 0.3) is 0 Å². The van der Waals surface area contributed by atoms with Crippen LogP contribution in [-0.4, -0.2) is 42.6 Å². The van der Waals surface area contributed by atoms with E-state index >= 15 is 0 Å². The van der Waals surface area contributed by atoms with E-state index in [1.807, 2.05) is 11.3 Å². The molecule has 0 amide bonds. The van der Waals surface area contributed by atoms with Crippen molar-refractivity contribution in [1.29, 1.82) is 0 Å². The van der Waals surface area contributed by atoms with Crippen molar-refractivity contribution in [3.8, 4) is 0 Å². The second-order valence-electron chi connectivity index (χ2n) is 4.74. The van der Waals surface area contributed by atoms with Gasteiger partial charge in [-0.1, -0.05) is 30.4 Å². The first kappa shape index (κ1) is 11.9. The molecular weight excluding hydrogens is 242 g/mol. The fourth-order valence-electron chi connectivity index (χ4n) is 2.47. The van der Waals surface area contributed by atoms with E-state index in [1.165, 1.54) is 22.8 Å². The molecule has 4 heteroatoms. The number of benzene rings is 1. The van der Waals surface area contributed by atoms with Gasteiger partial charge in [0.05, 0.1) is 10.2 Å². The SMILES string of the molecule is CCN1CCCN(c2nc3ccccc3s2)CC1. The Balaban J connectivity index is 1.81. The molecular formula is C14H19N3S. The third kappa shape index (κ3) is 2.35. The van der Waals surface area contributed by atoms with Gasteiger partial charge in [-0.3, -0.25) is 0 Å². The van der Waals surface area contributed by atoms with E-state index in [2.05, 4.69) is 41.0 Å². The number of hydrogen-bond donors (Lipinski definition) is 0. The maximum atomic E-state index is 4.75. The summed E-state index contributed by atoms with van der Waals surface area (Å²) >= 11 is 1.82. The molecule has 0 unspecified atom stereocenters. The average molecular weight is 261 g/mol. The third-order valence-corrected chi connectivity index (χ3v) is 4.69. The van der Waals surface area contributed by atoms with E-state index in [4.69, 9.17) is 4.98 Å². The van der Waals surface area contributed by atoms with Crippen LogP contribution in [0.5, 0.6) is 0 Å². The Hall–Kier alpha value is -1.13. The van der Waals surface area contributed by atoms with Crippen molar-refractivity contribution in [3.63, 3.8) is 0 Å². The smallest absolute Gasteiger partial charge is 0.186 e. The molecule has 1 aromatic carbocycles. The first-order valence-corrected chi connectivity index (χ1v) is 7.51. The molecule has 1 aliphatic rings. The zero-order valence-electron chi connectivity index (χ0n) is 10.8. The molecule has 0 N–H and O–H groups in total. The molecule has 96 valence electrons. The summed E-state index contributed by atoms with van der Waals surface area (Å²) in [6, 6.07) is 8.41. The Morgan fingerprint density at radius 1 is 1.17 bits per heavy atom. The van der Waals surface area contributed by atoms with Crippen LogP contribution in [0.3, 0.4) is 0 Å². The van der Waals surface area contributed by atoms with Crippen LogP contribution in [0, 0.1) is 0 Å². The van der Waals surface area contributed by atoms with Crippen LogP contribution < -0.4 is 4.90 Å². The van der Waals surface area contributed by atoms with Gasteiger partial charge in [0.1, 0.15) is 0 Å². The lowest BCUT2D eigenvalue weighted by atomic mass is 10.3. The summed E-state index contributed by atoms with van der Waals surface area (Å²) in [4.78, 5) is 9.72.